The summed E-state index contributed by atoms with van der Waals surface area (Å²) in [6, 6.07) is 11.8. The lowest BCUT2D eigenvalue weighted by Gasteiger charge is -2.06. The van der Waals surface area contributed by atoms with Crippen molar-refractivity contribution in [2.75, 3.05) is 11.1 Å². The predicted octanol–water partition coefficient (Wildman–Crippen LogP) is 4.30. The number of anilines is 1. The number of carbonyl (C=O) groups is 2. The Morgan fingerprint density at radius 2 is 2.04 bits per heavy atom. The molecule has 0 spiro atoms. The molecule has 1 heterocycles. The fourth-order valence-electron chi connectivity index (χ4n) is 2.13. The number of oxazole rings is 1. The molecule has 0 aliphatic carbocycles. The molecule has 2 aromatic carbocycles. The van der Waals surface area contributed by atoms with Gasteiger partial charge in [0.05, 0.1) is 10.6 Å². The first-order valence-electron chi connectivity index (χ1n) is 7.34. The predicted molar refractivity (Wildman–Crippen MR) is 96.4 cm³/mol. The first-order valence-corrected chi connectivity index (χ1v) is 8.70. The van der Waals surface area contributed by atoms with Crippen LogP contribution in [-0.4, -0.2) is 27.7 Å². The number of fused-ring (bicyclic) bond motifs is 1. The van der Waals surface area contributed by atoms with Crippen LogP contribution in [0.25, 0.3) is 11.1 Å². The Morgan fingerprint density at radius 1 is 1.24 bits per heavy atom. The van der Waals surface area contributed by atoms with Crippen molar-refractivity contribution in [1.29, 1.82) is 0 Å². The quantitative estimate of drug-likeness (QED) is 0.623. The maximum atomic E-state index is 12.0. The highest BCUT2D eigenvalue weighted by Gasteiger charge is 2.11. The van der Waals surface area contributed by atoms with E-state index in [1.165, 1.54) is 23.9 Å². The minimum absolute atomic E-state index is 0.0553. The molecule has 0 atom stereocenters. The number of hydrogen-bond acceptors (Lipinski definition) is 5. The first-order chi connectivity index (χ1) is 12.0. The largest absolute Gasteiger partial charge is 0.478 e. The normalized spacial score (nSPS) is 10.8. The minimum atomic E-state index is -1.15. The van der Waals surface area contributed by atoms with Crippen LogP contribution >= 0.6 is 23.4 Å². The molecule has 0 saturated heterocycles. The van der Waals surface area contributed by atoms with Crippen LogP contribution in [0.1, 0.15) is 16.8 Å². The zero-order valence-corrected chi connectivity index (χ0v) is 14.4. The molecule has 0 aliphatic heterocycles. The highest BCUT2D eigenvalue weighted by atomic mass is 35.5. The summed E-state index contributed by atoms with van der Waals surface area (Å²) >= 11 is 7.14. The van der Waals surface area contributed by atoms with E-state index < -0.39 is 5.97 Å². The Bertz CT molecular complexity index is 908. The van der Waals surface area contributed by atoms with Crippen molar-refractivity contribution in [2.45, 2.75) is 11.6 Å². The summed E-state index contributed by atoms with van der Waals surface area (Å²) in [7, 11) is 0. The molecule has 3 aromatic rings. The molecule has 2 N–H and O–H groups in total. The molecule has 0 unspecified atom stereocenters. The van der Waals surface area contributed by atoms with Crippen molar-refractivity contribution in [3.8, 4) is 0 Å². The van der Waals surface area contributed by atoms with Gasteiger partial charge >= 0.3 is 5.97 Å². The summed E-state index contributed by atoms with van der Waals surface area (Å²) < 4.78 is 5.56. The van der Waals surface area contributed by atoms with Crippen LogP contribution in [0.3, 0.4) is 0 Å². The van der Waals surface area contributed by atoms with E-state index in [-0.39, 0.29) is 22.9 Å². The van der Waals surface area contributed by atoms with Crippen LogP contribution in [0.2, 0.25) is 5.02 Å². The minimum Gasteiger partial charge on any atom is -0.478 e. The maximum Gasteiger partial charge on any atom is 0.337 e. The van der Waals surface area contributed by atoms with Crippen LogP contribution < -0.4 is 5.32 Å². The van der Waals surface area contributed by atoms with Crippen molar-refractivity contribution in [3.63, 3.8) is 0 Å². The lowest BCUT2D eigenvalue weighted by Crippen LogP contribution is -2.12. The first kappa shape index (κ1) is 17.3. The van der Waals surface area contributed by atoms with Crippen molar-refractivity contribution >= 4 is 52.0 Å². The molecule has 8 heteroatoms. The number of carboxylic acid groups (broad SMARTS) is 1. The fraction of sp³-hybridized carbons (Fsp3) is 0.118. The van der Waals surface area contributed by atoms with Crippen LogP contribution in [0, 0.1) is 0 Å². The summed E-state index contributed by atoms with van der Waals surface area (Å²) in [5.41, 5.74) is 1.81. The maximum absolute atomic E-state index is 12.0. The van der Waals surface area contributed by atoms with E-state index in [4.69, 9.17) is 21.1 Å². The van der Waals surface area contributed by atoms with Gasteiger partial charge in [-0.15, -0.1) is 0 Å². The van der Waals surface area contributed by atoms with E-state index in [0.29, 0.717) is 22.2 Å². The lowest BCUT2D eigenvalue weighted by atomic mass is 10.2. The molecule has 6 nitrogen and oxygen atoms in total. The molecule has 0 fully saturated rings. The standard InChI is InChI=1S/C17H13ClN2O4S/c18-12-6-5-10(9-11(12)16(22)23)19-15(21)7-8-25-17-20-13-3-1-2-4-14(13)24-17/h1-6,9H,7-8H2,(H,19,21)(H,22,23). The Kier molecular flexibility index (Phi) is 5.25. The van der Waals surface area contributed by atoms with Gasteiger partial charge in [-0.2, -0.15) is 0 Å². The van der Waals surface area contributed by atoms with Gasteiger partial charge in [0.2, 0.25) is 5.91 Å². The van der Waals surface area contributed by atoms with Gasteiger partial charge < -0.3 is 14.8 Å². The summed E-state index contributed by atoms with van der Waals surface area (Å²) in [6.07, 6.45) is 0.231. The number of aromatic carboxylic acids is 1. The van der Waals surface area contributed by atoms with E-state index in [2.05, 4.69) is 10.3 Å². The van der Waals surface area contributed by atoms with Gasteiger partial charge in [-0.05, 0) is 30.3 Å². The number of amides is 1. The average molecular weight is 377 g/mol. The number of nitrogens with zero attached hydrogens (tertiary/aromatic N) is 1. The highest BCUT2D eigenvalue weighted by Crippen LogP contribution is 2.24. The van der Waals surface area contributed by atoms with Crippen molar-refractivity contribution in [3.05, 3.63) is 53.1 Å². The molecular weight excluding hydrogens is 364 g/mol. The number of halogens is 1. The highest BCUT2D eigenvalue weighted by molar-refractivity contribution is 7.99. The molecular formula is C17H13ClN2O4S. The van der Waals surface area contributed by atoms with E-state index in [1.807, 2.05) is 24.3 Å². The van der Waals surface area contributed by atoms with Crippen molar-refractivity contribution in [1.82, 2.24) is 4.98 Å². The van der Waals surface area contributed by atoms with Gasteiger partial charge in [0.25, 0.3) is 5.22 Å². The number of benzene rings is 2. The summed E-state index contributed by atoms with van der Waals surface area (Å²) in [6.45, 7) is 0. The van der Waals surface area contributed by atoms with E-state index in [1.54, 1.807) is 6.07 Å². The number of rotatable bonds is 6. The van der Waals surface area contributed by atoms with Crippen molar-refractivity contribution < 1.29 is 19.1 Å². The average Bonchev–Trinajstić information content (AvgIpc) is 2.99. The lowest BCUT2D eigenvalue weighted by molar-refractivity contribution is -0.115. The zero-order chi connectivity index (χ0) is 17.8. The third-order valence-corrected chi connectivity index (χ3v) is 4.47. The van der Waals surface area contributed by atoms with Crippen LogP contribution in [-0.2, 0) is 4.79 Å². The van der Waals surface area contributed by atoms with Gasteiger partial charge in [0.15, 0.2) is 5.58 Å². The number of hydrogen-bond donors (Lipinski definition) is 2. The molecule has 0 radical (unpaired) electrons. The van der Waals surface area contributed by atoms with E-state index in [0.717, 1.165) is 5.52 Å². The molecule has 1 amide bonds. The van der Waals surface area contributed by atoms with Gasteiger partial charge in [-0.3, -0.25) is 4.79 Å². The molecule has 128 valence electrons. The van der Waals surface area contributed by atoms with Crippen LogP contribution in [0.4, 0.5) is 5.69 Å². The zero-order valence-electron chi connectivity index (χ0n) is 12.9. The second-order valence-corrected chi connectivity index (χ2v) is 6.55. The Morgan fingerprint density at radius 3 is 2.80 bits per heavy atom. The van der Waals surface area contributed by atoms with E-state index in [9.17, 15) is 9.59 Å². The Labute approximate surface area is 152 Å². The summed E-state index contributed by atoms with van der Waals surface area (Å²) in [5.74, 6) is -0.896. The van der Waals surface area contributed by atoms with Crippen LogP contribution in [0.15, 0.2) is 52.1 Å². The molecule has 0 aliphatic rings. The van der Waals surface area contributed by atoms with Gasteiger partial charge in [-0.25, -0.2) is 9.78 Å². The Balaban J connectivity index is 1.54. The third kappa shape index (κ3) is 4.32. The number of carboxylic acids is 1. The Hall–Kier alpha value is -2.51. The van der Waals surface area contributed by atoms with Gasteiger partial charge in [-0.1, -0.05) is 35.5 Å². The van der Waals surface area contributed by atoms with E-state index >= 15 is 0 Å². The number of aromatic nitrogens is 1. The monoisotopic (exact) mass is 376 g/mol. The molecule has 0 saturated carbocycles. The van der Waals surface area contributed by atoms with Crippen LogP contribution in [0.5, 0.6) is 0 Å². The molecule has 1 aromatic heterocycles. The number of carbonyl (C=O) groups excluding carboxylic acids is 1. The van der Waals surface area contributed by atoms with Crippen molar-refractivity contribution in [2.24, 2.45) is 0 Å². The molecule has 25 heavy (non-hydrogen) atoms. The third-order valence-electron chi connectivity index (χ3n) is 3.31. The smallest absolute Gasteiger partial charge is 0.337 e. The van der Waals surface area contributed by atoms with Gasteiger partial charge in [0, 0.05) is 17.9 Å². The topological polar surface area (TPSA) is 92.4 Å². The summed E-state index contributed by atoms with van der Waals surface area (Å²) in [5, 5.41) is 12.3. The fourth-order valence-corrected chi connectivity index (χ4v) is 3.11. The number of nitrogens with one attached hydrogen (secondary N) is 1. The SMILES string of the molecule is O=C(CCSc1nc2ccccc2o1)Nc1ccc(Cl)c(C(=O)O)c1. The second-order valence-electron chi connectivity index (χ2n) is 5.09. The summed E-state index contributed by atoms with van der Waals surface area (Å²) in [4.78, 5) is 27.3. The number of thioether (sulfide) groups is 1. The van der Waals surface area contributed by atoms with Gasteiger partial charge in [0.1, 0.15) is 5.52 Å². The second kappa shape index (κ2) is 7.58. The molecule has 3 rings (SSSR count). The number of para-hydroxylation sites is 2. The molecule has 0 bridgehead atoms.